The molecule has 344 valence electrons. The van der Waals surface area contributed by atoms with Crippen LogP contribution in [0.1, 0.15) is 101 Å². The summed E-state index contributed by atoms with van der Waals surface area (Å²) in [5, 5.41) is 7.15. The Bertz CT molecular complexity index is 2080. The van der Waals surface area contributed by atoms with Gasteiger partial charge in [0.1, 0.15) is 17.5 Å². The molecule has 4 rings (SSSR count). The summed E-state index contributed by atoms with van der Waals surface area (Å²) in [5.41, 5.74) is 3.12. The fourth-order valence-corrected chi connectivity index (χ4v) is 8.36. The zero-order valence-corrected chi connectivity index (χ0v) is 37.5. The Hall–Kier alpha value is -4.80. The van der Waals surface area contributed by atoms with Crippen LogP contribution in [0.25, 0.3) is 6.08 Å². The van der Waals surface area contributed by atoms with E-state index in [0.29, 0.717) is 67.3 Å². The lowest BCUT2D eigenvalue weighted by Gasteiger charge is -2.31. The number of allylic oxidation sites excluding steroid dienone is 2. The number of amides is 6. The molecule has 0 bridgehead atoms. The molecule has 0 aromatic carbocycles. The molecule has 1 fully saturated rings. The van der Waals surface area contributed by atoms with Crippen molar-refractivity contribution < 1.29 is 64.2 Å². The maximum absolute atomic E-state index is 16.6. The lowest BCUT2D eigenvalue weighted by Crippen LogP contribution is -2.54. The second kappa shape index (κ2) is 21.5. The van der Waals surface area contributed by atoms with E-state index in [0.717, 1.165) is 50.4 Å². The number of fused-ring (bicyclic) bond motifs is 2. The highest BCUT2D eigenvalue weighted by atomic mass is 32.2. The zero-order chi connectivity index (χ0) is 46.0. The number of unbranched alkanes of at least 4 members (excludes halogenated alkanes) is 3. The van der Waals surface area contributed by atoms with Crippen LogP contribution >= 0.6 is 0 Å². The molecule has 6 amide bonds. The third kappa shape index (κ3) is 14.1. The number of aryl methyl sites for hydroxylation is 2. The number of nitrogens with zero attached hydrogens (tertiary/aromatic N) is 5. The summed E-state index contributed by atoms with van der Waals surface area (Å²) in [5.74, 6) is -4.77. The third-order valence-corrected chi connectivity index (χ3v) is 11.6. The SMILES string of the molecule is CCCCC1=CC(CCC(=O)NC(=O)NC(CS(=O)(=O)O)C(=O)NCCN(C)CCCCCC(=O)ON2C(=O)CCC2=O)=[N+]2C1=Cc1c(CCC[N+](C)(C)C)cc(C)n1[B-]2(F)F. The number of urea groups is 1. The van der Waals surface area contributed by atoms with E-state index in [1.54, 1.807) is 20.0 Å². The lowest BCUT2D eigenvalue weighted by molar-refractivity contribution is -0.870. The summed E-state index contributed by atoms with van der Waals surface area (Å²) in [4.78, 5) is 80.6. The van der Waals surface area contributed by atoms with Crippen molar-refractivity contribution in [3.05, 3.63) is 40.4 Å². The van der Waals surface area contributed by atoms with Gasteiger partial charge in [0.2, 0.25) is 11.8 Å². The van der Waals surface area contributed by atoms with E-state index in [2.05, 4.69) is 31.8 Å². The topological polar surface area (TPSA) is 217 Å². The van der Waals surface area contributed by atoms with Gasteiger partial charge in [-0.05, 0) is 69.9 Å². The Morgan fingerprint density at radius 3 is 2.32 bits per heavy atom. The number of hydrogen-bond acceptors (Lipinski definition) is 10. The van der Waals surface area contributed by atoms with Crippen LogP contribution in [-0.2, 0) is 45.3 Å². The van der Waals surface area contributed by atoms with E-state index in [9.17, 15) is 41.7 Å². The minimum atomic E-state index is -4.77. The van der Waals surface area contributed by atoms with Crippen molar-refractivity contribution in [2.45, 2.75) is 103 Å². The van der Waals surface area contributed by atoms with Crippen molar-refractivity contribution in [1.82, 2.24) is 30.4 Å². The molecule has 0 spiro atoms. The van der Waals surface area contributed by atoms with Gasteiger partial charge in [-0.1, -0.05) is 19.8 Å². The Morgan fingerprint density at radius 1 is 0.984 bits per heavy atom. The summed E-state index contributed by atoms with van der Waals surface area (Å²) in [6.45, 7) is 1.10. The summed E-state index contributed by atoms with van der Waals surface area (Å²) >= 11 is 0. The number of hydroxylamine groups is 2. The van der Waals surface area contributed by atoms with Gasteiger partial charge >= 0.3 is 19.0 Å². The van der Waals surface area contributed by atoms with Gasteiger partial charge < -0.3 is 42.5 Å². The number of nitrogens with one attached hydrogen (secondary N) is 3. The summed E-state index contributed by atoms with van der Waals surface area (Å²) < 4.78 is 69.1. The van der Waals surface area contributed by atoms with Crippen molar-refractivity contribution in [3.63, 3.8) is 0 Å². The first kappa shape index (κ1) is 49.9. The first-order valence-electron chi connectivity index (χ1n) is 21.2. The summed E-state index contributed by atoms with van der Waals surface area (Å²) in [6.07, 6.45) is 8.38. The molecular weight excluding hydrogens is 833 g/mol. The number of carbonyl (C=O) groups excluding carboxylic acids is 6. The number of quaternary nitrogens is 1. The summed E-state index contributed by atoms with van der Waals surface area (Å²) in [6, 6.07) is -1.17. The number of likely N-dealkylation sites (N-methyl/N-ethyl adjacent to an activating group) is 1. The highest BCUT2D eigenvalue weighted by molar-refractivity contribution is 7.85. The molecule has 0 radical (unpaired) electrons. The Labute approximate surface area is 362 Å². The van der Waals surface area contributed by atoms with Crippen LogP contribution in [0, 0.1) is 6.92 Å². The average molecular weight is 896 g/mol. The predicted molar refractivity (Wildman–Crippen MR) is 227 cm³/mol. The fraction of sp³-hybridized carbons (Fsp3) is 0.625. The second-order valence-corrected chi connectivity index (χ2v) is 18.7. The van der Waals surface area contributed by atoms with Gasteiger partial charge in [0.05, 0.1) is 27.7 Å². The smallest absolute Gasteiger partial charge is 0.394 e. The van der Waals surface area contributed by atoms with Gasteiger partial charge in [-0.25, -0.2) is 9.59 Å². The number of imide groups is 2. The lowest BCUT2D eigenvalue weighted by atomic mass is 9.88. The standard InChI is InChI=1S/C40H61BF2N8O10S/c1-7-8-13-30-25-31(49-34(30)26-33-29(14-12-23-51(4,5)6)24-28(2)48(33)41(49,42)43)16-17-35(52)46-40(57)45-32(27-62(58,59)60)39(56)44-20-22-47(3)21-11-9-10-15-38(55)61-50-36(53)18-19-37(50)54/h24-26,32H,7-23,27H2,1-6H3,(H3-,44,45,46,52,56,57,58,59,60)/p+1. The van der Waals surface area contributed by atoms with E-state index in [-0.39, 0.29) is 44.4 Å². The van der Waals surface area contributed by atoms with Crippen LogP contribution in [0.2, 0.25) is 0 Å². The van der Waals surface area contributed by atoms with E-state index < -0.39 is 64.5 Å². The van der Waals surface area contributed by atoms with Crippen LogP contribution < -0.4 is 16.0 Å². The normalized spacial score (nSPS) is 16.5. The van der Waals surface area contributed by atoms with E-state index in [1.807, 2.05) is 29.3 Å². The monoisotopic (exact) mass is 895 g/mol. The van der Waals surface area contributed by atoms with Crippen molar-refractivity contribution in [3.8, 4) is 0 Å². The van der Waals surface area contributed by atoms with Gasteiger partial charge in [0.25, 0.3) is 21.9 Å². The third-order valence-electron chi connectivity index (χ3n) is 10.8. The van der Waals surface area contributed by atoms with Crippen molar-refractivity contribution in [2.24, 2.45) is 0 Å². The van der Waals surface area contributed by atoms with Gasteiger partial charge in [-0.2, -0.15) is 8.42 Å². The van der Waals surface area contributed by atoms with Crippen LogP contribution in [0.3, 0.4) is 0 Å². The molecule has 1 unspecified atom stereocenters. The van der Waals surface area contributed by atoms with Crippen LogP contribution in [0.15, 0.2) is 23.4 Å². The number of carbonyl (C=O) groups is 6. The van der Waals surface area contributed by atoms with Crippen molar-refractivity contribution >= 4 is 64.5 Å². The van der Waals surface area contributed by atoms with Crippen LogP contribution in [-0.4, -0.2) is 151 Å². The van der Waals surface area contributed by atoms with E-state index >= 15 is 8.63 Å². The molecule has 22 heteroatoms. The number of halogens is 2. The van der Waals surface area contributed by atoms with E-state index in [1.165, 1.54) is 0 Å². The molecule has 4 N–H and O–H groups in total. The van der Waals surface area contributed by atoms with Crippen LogP contribution in [0.4, 0.5) is 13.4 Å². The van der Waals surface area contributed by atoms with Crippen molar-refractivity contribution in [1.29, 1.82) is 0 Å². The fourth-order valence-electron chi connectivity index (χ4n) is 7.70. The molecule has 1 aromatic rings. The molecular formula is C40H62BF2N8O10S+. The number of aromatic nitrogens is 1. The number of hydrogen-bond donors (Lipinski definition) is 4. The highest BCUT2D eigenvalue weighted by Crippen LogP contribution is 2.39. The average Bonchev–Trinajstić information content (AvgIpc) is 3.80. The molecule has 62 heavy (non-hydrogen) atoms. The Kier molecular flexibility index (Phi) is 17.3. The van der Waals surface area contributed by atoms with Gasteiger partial charge in [-0.15, -0.1) is 5.06 Å². The zero-order valence-electron chi connectivity index (χ0n) is 36.6. The largest absolute Gasteiger partial charge is 0.737 e. The van der Waals surface area contributed by atoms with Gasteiger partial charge in [0.15, 0.2) is 5.70 Å². The molecule has 1 atom stereocenters. The van der Waals surface area contributed by atoms with Gasteiger partial charge in [-0.3, -0.25) is 29.0 Å². The maximum Gasteiger partial charge on any atom is 0.737 e. The first-order valence-corrected chi connectivity index (χ1v) is 22.8. The van der Waals surface area contributed by atoms with Gasteiger partial charge in [0, 0.05) is 75.0 Å². The molecule has 0 aliphatic carbocycles. The van der Waals surface area contributed by atoms with Crippen LogP contribution in [0.5, 0.6) is 0 Å². The Balaban J connectivity index is 1.29. The molecule has 1 saturated heterocycles. The second-order valence-electron chi connectivity index (χ2n) is 17.2. The minimum Gasteiger partial charge on any atom is -0.394 e. The molecule has 18 nitrogen and oxygen atoms in total. The maximum atomic E-state index is 16.6. The van der Waals surface area contributed by atoms with E-state index in [4.69, 9.17) is 4.84 Å². The van der Waals surface area contributed by atoms with Crippen molar-refractivity contribution in [2.75, 3.05) is 60.1 Å². The number of rotatable bonds is 24. The molecule has 1 aromatic heterocycles. The molecule has 3 aliphatic rings. The summed E-state index contributed by atoms with van der Waals surface area (Å²) in [7, 11) is 3.25. The highest BCUT2D eigenvalue weighted by Gasteiger charge is 2.54. The molecule has 0 saturated carbocycles. The predicted octanol–water partition coefficient (Wildman–Crippen LogP) is 2.67. The quantitative estimate of drug-likeness (QED) is 0.0389. The molecule has 4 heterocycles. The minimum absolute atomic E-state index is 0.00826. The molecule has 3 aliphatic heterocycles. The first-order chi connectivity index (χ1) is 29.0. The Morgan fingerprint density at radius 2 is 1.68 bits per heavy atom.